The van der Waals surface area contributed by atoms with Crippen molar-refractivity contribution in [2.24, 2.45) is 5.73 Å². The van der Waals surface area contributed by atoms with Gasteiger partial charge in [-0.05, 0) is 32.8 Å². The SMILES string of the molecule is CC(C)(C)OC(=O)NC(=O)C(N)Cc1ccccc1. The van der Waals surface area contributed by atoms with Gasteiger partial charge in [0.15, 0.2) is 0 Å². The first kappa shape index (κ1) is 15.2. The summed E-state index contributed by atoms with van der Waals surface area (Å²) in [6.07, 6.45) is -0.406. The summed E-state index contributed by atoms with van der Waals surface area (Å²) in [5, 5.41) is 2.13. The molecule has 3 N–H and O–H groups in total. The van der Waals surface area contributed by atoms with Gasteiger partial charge < -0.3 is 10.5 Å². The smallest absolute Gasteiger partial charge is 0.414 e. The number of hydrogen-bond acceptors (Lipinski definition) is 4. The van der Waals surface area contributed by atoms with Crippen LogP contribution >= 0.6 is 0 Å². The van der Waals surface area contributed by atoms with E-state index in [-0.39, 0.29) is 0 Å². The number of hydrogen-bond donors (Lipinski definition) is 2. The Hall–Kier alpha value is -1.88. The molecule has 0 fully saturated rings. The molecule has 0 saturated carbocycles. The Balaban J connectivity index is 2.47. The molecular weight excluding hydrogens is 244 g/mol. The van der Waals surface area contributed by atoms with Crippen molar-refractivity contribution >= 4 is 12.0 Å². The van der Waals surface area contributed by atoms with Crippen LogP contribution in [0.5, 0.6) is 0 Å². The quantitative estimate of drug-likeness (QED) is 0.869. The number of carbonyl (C=O) groups excluding carboxylic acids is 2. The van der Waals surface area contributed by atoms with Crippen LogP contribution in [-0.4, -0.2) is 23.6 Å². The third-order valence-corrected chi connectivity index (χ3v) is 2.26. The molecule has 0 spiro atoms. The first-order valence-corrected chi connectivity index (χ1v) is 6.11. The molecule has 0 aromatic heterocycles. The second-order valence-corrected chi connectivity index (χ2v) is 5.29. The molecule has 0 saturated heterocycles. The maximum atomic E-state index is 11.7. The summed E-state index contributed by atoms with van der Waals surface area (Å²) >= 11 is 0. The summed E-state index contributed by atoms with van der Waals surface area (Å²) in [7, 11) is 0. The highest BCUT2D eigenvalue weighted by atomic mass is 16.6. The maximum Gasteiger partial charge on any atom is 0.414 e. The highest BCUT2D eigenvalue weighted by molar-refractivity contribution is 5.94. The lowest BCUT2D eigenvalue weighted by atomic mass is 10.1. The van der Waals surface area contributed by atoms with Crippen LogP contribution in [0.1, 0.15) is 26.3 Å². The highest BCUT2D eigenvalue weighted by Crippen LogP contribution is 2.07. The molecule has 19 heavy (non-hydrogen) atoms. The van der Waals surface area contributed by atoms with Crippen molar-refractivity contribution < 1.29 is 14.3 Å². The molecule has 104 valence electrons. The molecule has 0 aliphatic carbocycles. The third kappa shape index (κ3) is 6.01. The van der Waals surface area contributed by atoms with E-state index >= 15 is 0 Å². The zero-order chi connectivity index (χ0) is 14.5. The number of rotatable bonds is 3. The number of amides is 2. The molecule has 0 bridgehead atoms. The van der Waals surface area contributed by atoms with Gasteiger partial charge in [-0.3, -0.25) is 10.1 Å². The Kier molecular flexibility index (Phi) is 5.06. The van der Waals surface area contributed by atoms with Gasteiger partial charge in [0.2, 0.25) is 5.91 Å². The van der Waals surface area contributed by atoms with E-state index in [2.05, 4.69) is 5.32 Å². The van der Waals surface area contributed by atoms with Gasteiger partial charge in [-0.25, -0.2) is 4.79 Å². The number of alkyl carbamates (subject to hydrolysis) is 1. The minimum absolute atomic E-state index is 0.371. The van der Waals surface area contributed by atoms with E-state index in [0.29, 0.717) is 6.42 Å². The number of carbonyl (C=O) groups is 2. The molecule has 1 atom stereocenters. The Labute approximate surface area is 113 Å². The molecular formula is C14H20N2O3. The number of nitrogens with one attached hydrogen (secondary N) is 1. The van der Waals surface area contributed by atoms with Crippen LogP contribution in [0.2, 0.25) is 0 Å². The van der Waals surface area contributed by atoms with Crippen molar-refractivity contribution in [1.29, 1.82) is 0 Å². The van der Waals surface area contributed by atoms with E-state index in [9.17, 15) is 9.59 Å². The summed E-state index contributed by atoms with van der Waals surface area (Å²) in [4.78, 5) is 23.1. The average Bonchev–Trinajstić information content (AvgIpc) is 2.27. The van der Waals surface area contributed by atoms with E-state index in [1.54, 1.807) is 20.8 Å². The minimum Gasteiger partial charge on any atom is -0.444 e. The zero-order valence-corrected chi connectivity index (χ0v) is 11.5. The van der Waals surface area contributed by atoms with Gasteiger partial charge in [-0.15, -0.1) is 0 Å². The maximum absolute atomic E-state index is 11.7. The number of benzene rings is 1. The lowest BCUT2D eigenvalue weighted by molar-refractivity contribution is -0.121. The Morgan fingerprint density at radius 2 is 1.84 bits per heavy atom. The average molecular weight is 264 g/mol. The van der Waals surface area contributed by atoms with E-state index in [1.807, 2.05) is 30.3 Å². The minimum atomic E-state index is -0.782. The van der Waals surface area contributed by atoms with Crippen molar-refractivity contribution in [3.8, 4) is 0 Å². The van der Waals surface area contributed by atoms with E-state index in [1.165, 1.54) is 0 Å². The van der Waals surface area contributed by atoms with Gasteiger partial charge in [0.05, 0.1) is 6.04 Å². The normalized spacial score (nSPS) is 12.6. The van der Waals surface area contributed by atoms with Gasteiger partial charge >= 0.3 is 6.09 Å². The van der Waals surface area contributed by atoms with Crippen LogP contribution in [0.15, 0.2) is 30.3 Å². The molecule has 1 unspecified atom stereocenters. The molecule has 5 nitrogen and oxygen atoms in total. The van der Waals surface area contributed by atoms with E-state index in [0.717, 1.165) is 5.56 Å². The van der Waals surface area contributed by atoms with Crippen LogP contribution in [0.4, 0.5) is 4.79 Å². The van der Waals surface area contributed by atoms with Gasteiger partial charge in [-0.1, -0.05) is 30.3 Å². The summed E-state index contributed by atoms with van der Waals surface area (Å²) in [5.41, 5.74) is 6.04. The second kappa shape index (κ2) is 6.33. The summed E-state index contributed by atoms with van der Waals surface area (Å²) in [6, 6.07) is 8.59. The predicted octanol–water partition coefficient (Wildman–Crippen LogP) is 1.61. The lowest BCUT2D eigenvalue weighted by Gasteiger charge is -2.20. The van der Waals surface area contributed by atoms with Crippen molar-refractivity contribution in [1.82, 2.24) is 5.32 Å². The zero-order valence-electron chi connectivity index (χ0n) is 11.5. The molecule has 1 aromatic carbocycles. The topological polar surface area (TPSA) is 81.4 Å². The Morgan fingerprint density at radius 3 is 2.37 bits per heavy atom. The second-order valence-electron chi connectivity index (χ2n) is 5.29. The van der Waals surface area contributed by atoms with Crippen molar-refractivity contribution in [3.63, 3.8) is 0 Å². The number of ether oxygens (including phenoxy) is 1. The fraction of sp³-hybridized carbons (Fsp3) is 0.429. The van der Waals surface area contributed by atoms with Crippen LogP contribution in [-0.2, 0) is 16.0 Å². The monoisotopic (exact) mass is 264 g/mol. The van der Waals surface area contributed by atoms with E-state index < -0.39 is 23.6 Å². The molecule has 1 aromatic rings. The van der Waals surface area contributed by atoms with Gasteiger partial charge in [0.25, 0.3) is 0 Å². The predicted molar refractivity (Wildman–Crippen MR) is 72.5 cm³/mol. The molecule has 0 radical (unpaired) electrons. The van der Waals surface area contributed by atoms with Crippen molar-refractivity contribution in [2.75, 3.05) is 0 Å². The molecule has 0 heterocycles. The molecule has 2 amide bonds. The Morgan fingerprint density at radius 1 is 1.26 bits per heavy atom. The highest BCUT2D eigenvalue weighted by Gasteiger charge is 2.21. The molecule has 0 aliphatic rings. The Bertz CT molecular complexity index is 438. The first-order chi connectivity index (χ1) is 8.78. The van der Waals surface area contributed by atoms with Crippen LogP contribution in [0, 0.1) is 0 Å². The van der Waals surface area contributed by atoms with Gasteiger partial charge in [0.1, 0.15) is 5.60 Å². The van der Waals surface area contributed by atoms with Gasteiger partial charge in [0, 0.05) is 0 Å². The number of imide groups is 1. The summed E-state index contributed by atoms with van der Waals surface area (Å²) in [6.45, 7) is 5.17. The van der Waals surface area contributed by atoms with Gasteiger partial charge in [-0.2, -0.15) is 0 Å². The summed E-state index contributed by atoms with van der Waals surface area (Å²) < 4.78 is 4.98. The summed E-state index contributed by atoms with van der Waals surface area (Å²) in [5.74, 6) is -0.543. The first-order valence-electron chi connectivity index (χ1n) is 6.11. The molecule has 1 rings (SSSR count). The van der Waals surface area contributed by atoms with Crippen molar-refractivity contribution in [3.05, 3.63) is 35.9 Å². The van der Waals surface area contributed by atoms with Crippen LogP contribution in [0.25, 0.3) is 0 Å². The third-order valence-electron chi connectivity index (χ3n) is 2.26. The van der Waals surface area contributed by atoms with E-state index in [4.69, 9.17) is 10.5 Å². The lowest BCUT2D eigenvalue weighted by Crippen LogP contribution is -2.46. The molecule has 0 aliphatic heterocycles. The fourth-order valence-corrected chi connectivity index (χ4v) is 1.46. The molecule has 5 heteroatoms. The van der Waals surface area contributed by atoms with Crippen molar-refractivity contribution in [2.45, 2.75) is 38.8 Å². The van der Waals surface area contributed by atoms with Crippen LogP contribution in [0.3, 0.4) is 0 Å². The fourth-order valence-electron chi connectivity index (χ4n) is 1.46. The largest absolute Gasteiger partial charge is 0.444 e. The number of nitrogens with two attached hydrogens (primary N) is 1. The van der Waals surface area contributed by atoms with Crippen LogP contribution < -0.4 is 11.1 Å². The standard InChI is InChI=1S/C14H20N2O3/c1-14(2,3)19-13(18)16-12(17)11(15)9-10-7-5-4-6-8-10/h4-8,11H,9,15H2,1-3H3,(H,16,17,18).